The highest BCUT2D eigenvalue weighted by Gasteiger charge is 2.16. The summed E-state index contributed by atoms with van der Waals surface area (Å²) in [4.78, 5) is 15.0. The molecule has 0 spiro atoms. The van der Waals surface area contributed by atoms with Crippen LogP contribution in [0.1, 0.15) is 5.69 Å². The van der Waals surface area contributed by atoms with E-state index in [4.69, 9.17) is 10.9 Å². The van der Waals surface area contributed by atoms with E-state index in [0.29, 0.717) is 5.82 Å². The third kappa shape index (κ3) is 1.98. The molecule has 8 heteroatoms. The monoisotopic (exact) mass is 199 g/mol. The number of nitrogens with two attached hydrogens (primary N) is 1. The second-order valence-corrected chi connectivity index (χ2v) is 2.24. The van der Waals surface area contributed by atoms with Crippen LogP contribution >= 0.6 is 0 Å². The smallest absolute Gasteiger partial charge is 0.360 e. The maximum atomic E-state index is 10.7. The number of carbonyl (C=O) groups is 1. The van der Waals surface area contributed by atoms with Gasteiger partial charge in [0.25, 0.3) is 0 Å². The molecule has 76 valence electrons. The summed E-state index contributed by atoms with van der Waals surface area (Å²) >= 11 is 0. The zero-order valence-electron chi connectivity index (χ0n) is 7.31. The Morgan fingerprint density at radius 2 is 2.57 bits per heavy atom. The van der Waals surface area contributed by atoms with Crippen LogP contribution in [0.5, 0.6) is 0 Å². The fraction of sp³-hybridized carbons (Fsp3) is 0.167. The Morgan fingerprint density at radius 1 is 1.86 bits per heavy atom. The lowest BCUT2D eigenvalue weighted by Gasteiger charge is -1.94. The largest absolute Gasteiger partial charge is 0.476 e. The van der Waals surface area contributed by atoms with E-state index in [0.717, 1.165) is 0 Å². The first-order valence-corrected chi connectivity index (χ1v) is 3.56. The van der Waals surface area contributed by atoms with Crippen molar-refractivity contribution in [2.45, 2.75) is 0 Å². The van der Waals surface area contributed by atoms with Crippen molar-refractivity contribution < 1.29 is 14.7 Å². The molecule has 0 aromatic carbocycles. The second-order valence-electron chi connectivity index (χ2n) is 2.24. The summed E-state index contributed by atoms with van der Waals surface area (Å²) in [6, 6.07) is 1.39. The number of nitrogens with zero attached hydrogens (tertiary/aromatic N) is 2. The van der Waals surface area contributed by atoms with Gasteiger partial charge in [-0.25, -0.2) is 10.6 Å². The Bertz CT molecular complexity index is 358. The molecule has 0 radical (unpaired) electrons. The summed E-state index contributed by atoms with van der Waals surface area (Å²) in [5.74, 6) is 4.15. The molecule has 0 saturated carbocycles. The molecule has 14 heavy (non-hydrogen) atoms. The molecule has 8 nitrogen and oxygen atoms in total. The van der Waals surface area contributed by atoms with Gasteiger partial charge in [-0.2, -0.15) is 5.10 Å². The number of nitrogen functional groups attached to an aromatic ring is 1. The maximum absolute atomic E-state index is 10.7. The predicted molar refractivity (Wildman–Crippen MR) is 47.6 cm³/mol. The predicted octanol–water partition coefficient (Wildman–Crippen LogP) is -0.870. The first-order valence-electron chi connectivity index (χ1n) is 3.56. The average molecular weight is 199 g/mol. The molecular weight excluding hydrogens is 190 g/mol. The standard InChI is InChI=1S/C6H9N5O3/c1-14-11-5(6(12)13)3-2-4(8-7)10-9-3/h2H,7H2,1H3,(H,12,13)(H2,8,9,10). The van der Waals surface area contributed by atoms with Gasteiger partial charge in [0, 0.05) is 6.07 Å². The molecule has 0 aliphatic rings. The normalized spacial score (nSPS) is 11.1. The fourth-order valence-electron chi connectivity index (χ4n) is 0.812. The number of oxime groups is 1. The van der Waals surface area contributed by atoms with Crippen molar-refractivity contribution in [3.63, 3.8) is 0 Å². The first-order chi connectivity index (χ1) is 6.69. The number of nitrogens with one attached hydrogen (secondary N) is 2. The highest BCUT2D eigenvalue weighted by Crippen LogP contribution is 2.05. The topological polar surface area (TPSA) is 126 Å². The quantitative estimate of drug-likeness (QED) is 0.284. The Balaban J connectivity index is 3.00. The molecule has 0 unspecified atom stereocenters. The Kier molecular flexibility index (Phi) is 3.02. The molecule has 1 heterocycles. The summed E-state index contributed by atoms with van der Waals surface area (Å²) < 4.78 is 0. The zero-order chi connectivity index (χ0) is 10.6. The number of aliphatic carboxylic acids is 1. The van der Waals surface area contributed by atoms with Gasteiger partial charge in [-0.1, -0.05) is 5.16 Å². The van der Waals surface area contributed by atoms with Crippen molar-refractivity contribution in [2.75, 3.05) is 12.5 Å². The zero-order valence-corrected chi connectivity index (χ0v) is 7.31. The van der Waals surface area contributed by atoms with E-state index < -0.39 is 5.97 Å². The van der Waals surface area contributed by atoms with E-state index in [1.54, 1.807) is 0 Å². The molecule has 0 atom stereocenters. The highest BCUT2D eigenvalue weighted by atomic mass is 16.6. The van der Waals surface area contributed by atoms with Crippen LogP contribution in [-0.4, -0.2) is 34.1 Å². The lowest BCUT2D eigenvalue weighted by atomic mass is 10.3. The van der Waals surface area contributed by atoms with Crippen LogP contribution in [0.3, 0.4) is 0 Å². The van der Waals surface area contributed by atoms with Crippen molar-refractivity contribution in [3.8, 4) is 0 Å². The minimum absolute atomic E-state index is 0.201. The Morgan fingerprint density at radius 3 is 3.00 bits per heavy atom. The molecule has 0 saturated heterocycles. The minimum Gasteiger partial charge on any atom is -0.476 e. The number of anilines is 1. The van der Waals surface area contributed by atoms with Crippen LogP contribution in [0.4, 0.5) is 5.82 Å². The number of carboxylic acids is 1. The Labute approximate surface area is 78.7 Å². The van der Waals surface area contributed by atoms with Gasteiger partial charge in [0.15, 0.2) is 5.82 Å². The van der Waals surface area contributed by atoms with E-state index in [9.17, 15) is 4.79 Å². The maximum Gasteiger partial charge on any atom is 0.360 e. The molecule has 0 amide bonds. The number of rotatable bonds is 4. The van der Waals surface area contributed by atoms with E-state index in [1.807, 2.05) is 0 Å². The van der Waals surface area contributed by atoms with Gasteiger partial charge in [-0.15, -0.1) is 0 Å². The van der Waals surface area contributed by atoms with Crippen LogP contribution in [0.15, 0.2) is 11.2 Å². The number of hydrogen-bond donors (Lipinski definition) is 4. The summed E-state index contributed by atoms with van der Waals surface area (Å²) in [7, 11) is 1.25. The molecular formula is C6H9N5O3. The highest BCUT2D eigenvalue weighted by molar-refractivity contribution is 6.41. The van der Waals surface area contributed by atoms with E-state index >= 15 is 0 Å². The van der Waals surface area contributed by atoms with Crippen molar-refractivity contribution in [1.82, 2.24) is 10.2 Å². The van der Waals surface area contributed by atoms with Crippen molar-refractivity contribution in [3.05, 3.63) is 11.8 Å². The molecule has 5 N–H and O–H groups in total. The molecule has 1 aromatic rings. The number of H-pyrrole nitrogens is 1. The number of aromatic amines is 1. The van der Waals surface area contributed by atoms with Gasteiger partial charge in [0.2, 0.25) is 5.71 Å². The summed E-state index contributed by atoms with van der Waals surface area (Å²) in [5, 5.41) is 18.1. The van der Waals surface area contributed by atoms with E-state index in [2.05, 4.69) is 25.6 Å². The SMILES string of the molecule is CON=C(C(=O)O)c1cc(NN)n[nH]1. The molecule has 0 fully saturated rings. The molecule has 0 bridgehead atoms. The molecule has 1 aromatic heterocycles. The second kappa shape index (κ2) is 4.23. The summed E-state index contributed by atoms with van der Waals surface area (Å²) in [6.45, 7) is 0. The lowest BCUT2D eigenvalue weighted by molar-refractivity contribution is -0.129. The molecule has 1 rings (SSSR count). The first kappa shape index (κ1) is 9.99. The van der Waals surface area contributed by atoms with E-state index in [1.165, 1.54) is 13.2 Å². The van der Waals surface area contributed by atoms with Gasteiger partial charge in [0.1, 0.15) is 7.11 Å². The average Bonchev–Trinajstić information content (AvgIpc) is 2.61. The third-order valence-electron chi connectivity index (χ3n) is 1.37. The van der Waals surface area contributed by atoms with Gasteiger partial charge in [-0.3, -0.25) is 5.10 Å². The molecule has 0 aliphatic heterocycles. The number of carboxylic acid groups (broad SMARTS) is 1. The van der Waals surface area contributed by atoms with Crippen LogP contribution in [-0.2, 0) is 9.63 Å². The van der Waals surface area contributed by atoms with Crippen molar-refractivity contribution >= 4 is 17.5 Å². The van der Waals surface area contributed by atoms with Crippen molar-refractivity contribution in [1.29, 1.82) is 0 Å². The van der Waals surface area contributed by atoms with Gasteiger partial charge in [-0.05, 0) is 0 Å². The van der Waals surface area contributed by atoms with Gasteiger partial charge < -0.3 is 15.4 Å². The number of aromatic nitrogens is 2. The van der Waals surface area contributed by atoms with E-state index in [-0.39, 0.29) is 11.4 Å². The van der Waals surface area contributed by atoms with Crippen LogP contribution in [0.2, 0.25) is 0 Å². The summed E-state index contributed by atoms with van der Waals surface area (Å²) in [6.07, 6.45) is 0. The van der Waals surface area contributed by atoms with Gasteiger partial charge >= 0.3 is 5.97 Å². The van der Waals surface area contributed by atoms with Crippen LogP contribution in [0, 0.1) is 0 Å². The van der Waals surface area contributed by atoms with Crippen LogP contribution in [0.25, 0.3) is 0 Å². The molecule has 0 aliphatic carbocycles. The minimum atomic E-state index is -1.22. The van der Waals surface area contributed by atoms with Crippen LogP contribution < -0.4 is 11.3 Å². The van der Waals surface area contributed by atoms with Crippen molar-refractivity contribution in [2.24, 2.45) is 11.0 Å². The van der Waals surface area contributed by atoms with Gasteiger partial charge in [0.05, 0.1) is 5.69 Å². The number of hydrazine groups is 1. The third-order valence-corrected chi connectivity index (χ3v) is 1.37. The lowest BCUT2D eigenvalue weighted by Crippen LogP contribution is -2.15. The fourth-order valence-corrected chi connectivity index (χ4v) is 0.812. The Hall–Kier alpha value is -2.09. The summed E-state index contributed by atoms with van der Waals surface area (Å²) in [5.41, 5.74) is 2.18. The number of hydrogen-bond acceptors (Lipinski definition) is 6.